The molecule has 2 N–H and O–H groups in total. The molecule has 1 aromatic rings. The van der Waals surface area contributed by atoms with Crippen LogP contribution in [0.3, 0.4) is 0 Å². The number of nitrogens with zero attached hydrogens (tertiary/aromatic N) is 2. The van der Waals surface area contributed by atoms with E-state index in [0.29, 0.717) is 19.1 Å². The van der Waals surface area contributed by atoms with Crippen molar-refractivity contribution in [3.05, 3.63) is 35.9 Å². The molecule has 0 aromatic heterocycles. The topological polar surface area (TPSA) is 56.7 Å². The lowest BCUT2D eigenvalue weighted by Crippen LogP contribution is -2.45. The van der Waals surface area contributed by atoms with E-state index in [-0.39, 0.29) is 12.5 Å². The van der Waals surface area contributed by atoms with Crippen molar-refractivity contribution < 1.29 is 4.79 Å². The van der Waals surface area contributed by atoms with E-state index in [1.165, 1.54) is 32.1 Å². The Morgan fingerprint density at radius 1 is 1.16 bits per heavy atom. The van der Waals surface area contributed by atoms with E-state index < -0.39 is 0 Å². The molecule has 138 valence electrons. The highest BCUT2D eigenvalue weighted by Crippen LogP contribution is 2.17. The Hall–Kier alpha value is -2.04. The Morgan fingerprint density at radius 2 is 1.88 bits per heavy atom. The van der Waals surface area contributed by atoms with Crippen LogP contribution in [0.2, 0.25) is 0 Å². The van der Waals surface area contributed by atoms with Gasteiger partial charge in [-0.05, 0) is 32.3 Å². The largest absolute Gasteiger partial charge is 0.357 e. The molecule has 0 spiro atoms. The minimum absolute atomic E-state index is 0.0622. The zero-order valence-corrected chi connectivity index (χ0v) is 15.6. The number of benzene rings is 1. The van der Waals surface area contributed by atoms with Gasteiger partial charge in [0.05, 0.1) is 0 Å². The number of likely N-dealkylation sites (N-methyl/N-ethyl adjacent to an activating group) is 1. The van der Waals surface area contributed by atoms with Gasteiger partial charge in [0, 0.05) is 25.7 Å². The quantitative estimate of drug-likeness (QED) is 0.591. The summed E-state index contributed by atoms with van der Waals surface area (Å²) in [7, 11) is 0. The Labute approximate surface area is 151 Å². The lowest BCUT2D eigenvalue weighted by atomic mass is 9.96. The molecule has 1 aliphatic rings. The average molecular weight is 345 g/mol. The number of carbonyl (C=O) groups excluding carboxylic acids is 1. The molecule has 1 saturated carbocycles. The van der Waals surface area contributed by atoms with Gasteiger partial charge in [-0.2, -0.15) is 0 Å². The fraction of sp³-hybridized carbons (Fsp3) is 0.600. The molecule has 5 nitrogen and oxygen atoms in total. The summed E-state index contributed by atoms with van der Waals surface area (Å²) in [6, 6.07) is 10.6. The highest BCUT2D eigenvalue weighted by molar-refractivity contribution is 5.85. The van der Waals surface area contributed by atoms with Gasteiger partial charge in [-0.3, -0.25) is 4.79 Å². The van der Waals surface area contributed by atoms with Crippen LogP contribution in [0.1, 0.15) is 51.5 Å². The molecule has 0 saturated heterocycles. The maximum absolute atomic E-state index is 12.5. The fourth-order valence-corrected chi connectivity index (χ4v) is 3.19. The minimum Gasteiger partial charge on any atom is -0.357 e. The monoisotopic (exact) mass is 344 g/mol. The van der Waals surface area contributed by atoms with Crippen LogP contribution in [-0.2, 0) is 11.3 Å². The van der Waals surface area contributed by atoms with Gasteiger partial charge in [0.15, 0.2) is 5.96 Å². The molecule has 1 fully saturated rings. The van der Waals surface area contributed by atoms with Crippen molar-refractivity contribution in [1.82, 2.24) is 15.5 Å². The van der Waals surface area contributed by atoms with Crippen LogP contribution >= 0.6 is 0 Å². The summed E-state index contributed by atoms with van der Waals surface area (Å²) >= 11 is 0. The molecule has 2 rings (SSSR count). The summed E-state index contributed by atoms with van der Waals surface area (Å²) in [6.07, 6.45) is 6.25. The summed E-state index contributed by atoms with van der Waals surface area (Å²) in [4.78, 5) is 18.9. The van der Waals surface area contributed by atoms with Crippen LogP contribution in [0.15, 0.2) is 35.3 Å². The highest BCUT2D eigenvalue weighted by Gasteiger charge is 2.16. The minimum atomic E-state index is 0.0622. The molecule has 0 radical (unpaired) electrons. The summed E-state index contributed by atoms with van der Waals surface area (Å²) in [5, 5.41) is 6.75. The number of hydrogen-bond donors (Lipinski definition) is 2. The number of aliphatic imine (C=N–C) groups is 1. The van der Waals surface area contributed by atoms with Gasteiger partial charge in [0.25, 0.3) is 0 Å². The molecule has 0 atom stereocenters. The van der Waals surface area contributed by atoms with Crippen LogP contribution in [0.5, 0.6) is 0 Å². The summed E-state index contributed by atoms with van der Waals surface area (Å²) < 4.78 is 0. The number of hydrogen-bond acceptors (Lipinski definition) is 2. The summed E-state index contributed by atoms with van der Waals surface area (Å²) in [5.41, 5.74) is 1.15. The number of carbonyl (C=O) groups is 1. The van der Waals surface area contributed by atoms with Crippen molar-refractivity contribution in [2.75, 3.05) is 19.6 Å². The van der Waals surface area contributed by atoms with Crippen molar-refractivity contribution in [3.63, 3.8) is 0 Å². The zero-order valence-electron chi connectivity index (χ0n) is 15.6. The maximum Gasteiger partial charge on any atom is 0.244 e. The lowest BCUT2D eigenvalue weighted by Gasteiger charge is -2.25. The molecule has 0 bridgehead atoms. The van der Waals surface area contributed by atoms with Gasteiger partial charge in [-0.15, -0.1) is 0 Å². The van der Waals surface area contributed by atoms with E-state index in [2.05, 4.69) is 15.6 Å². The number of amides is 1. The standard InChI is InChI=1S/C20H32N4O/c1-3-21-20(23-18-13-9-6-10-14-18)22-15-19(25)24(4-2)16-17-11-7-5-8-12-17/h5,7-8,11-12,18H,3-4,6,9-10,13-16H2,1-2H3,(H2,21,22,23). The Kier molecular flexibility index (Phi) is 8.29. The predicted molar refractivity (Wildman–Crippen MR) is 104 cm³/mol. The van der Waals surface area contributed by atoms with Gasteiger partial charge >= 0.3 is 0 Å². The van der Waals surface area contributed by atoms with Crippen molar-refractivity contribution in [3.8, 4) is 0 Å². The first-order valence-corrected chi connectivity index (χ1v) is 9.59. The molecular formula is C20H32N4O. The van der Waals surface area contributed by atoms with E-state index in [4.69, 9.17) is 0 Å². The molecule has 0 heterocycles. The van der Waals surface area contributed by atoms with Gasteiger partial charge in [0.1, 0.15) is 6.54 Å². The van der Waals surface area contributed by atoms with Crippen molar-refractivity contribution in [1.29, 1.82) is 0 Å². The van der Waals surface area contributed by atoms with Gasteiger partial charge in [-0.1, -0.05) is 49.6 Å². The van der Waals surface area contributed by atoms with Crippen LogP contribution in [0, 0.1) is 0 Å². The molecule has 1 aromatic carbocycles. The third-order valence-electron chi connectivity index (χ3n) is 4.61. The van der Waals surface area contributed by atoms with E-state index in [1.807, 2.05) is 49.1 Å². The molecule has 5 heteroatoms. The van der Waals surface area contributed by atoms with E-state index >= 15 is 0 Å². The SMILES string of the molecule is CCNC(=NCC(=O)N(CC)Cc1ccccc1)NC1CCCCC1. The summed E-state index contributed by atoms with van der Waals surface area (Å²) in [5.74, 6) is 0.825. The molecule has 0 unspecified atom stereocenters. The van der Waals surface area contributed by atoms with Crippen LogP contribution in [0.4, 0.5) is 0 Å². The fourth-order valence-electron chi connectivity index (χ4n) is 3.19. The molecule has 0 aliphatic heterocycles. The highest BCUT2D eigenvalue weighted by atomic mass is 16.2. The maximum atomic E-state index is 12.5. The van der Waals surface area contributed by atoms with Crippen molar-refractivity contribution in [2.24, 2.45) is 4.99 Å². The van der Waals surface area contributed by atoms with E-state index in [9.17, 15) is 4.79 Å². The van der Waals surface area contributed by atoms with Crippen LogP contribution in [-0.4, -0.2) is 42.4 Å². The first-order valence-electron chi connectivity index (χ1n) is 9.59. The number of rotatable bonds is 7. The lowest BCUT2D eigenvalue weighted by molar-refractivity contribution is -0.130. The molecule has 1 amide bonds. The summed E-state index contributed by atoms with van der Waals surface area (Å²) in [6.45, 7) is 6.37. The van der Waals surface area contributed by atoms with E-state index in [1.54, 1.807) is 0 Å². The zero-order chi connectivity index (χ0) is 17.9. The normalized spacial score (nSPS) is 15.7. The average Bonchev–Trinajstić information content (AvgIpc) is 2.66. The first-order chi connectivity index (χ1) is 12.2. The molecule has 1 aliphatic carbocycles. The Morgan fingerprint density at radius 3 is 2.52 bits per heavy atom. The Bertz CT molecular complexity index is 538. The second kappa shape index (κ2) is 10.7. The van der Waals surface area contributed by atoms with Gasteiger partial charge in [-0.25, -0.2) is 4.99 Å². The second-order valence-corrected chi connectivity index (χ2v) is 6.57. The number of guanidine groups is 1. The first kappa shape index (κ1) is 19.3. The number of nitrogens with one attached hydrogen (secondary N) is 2. The molecular weight excluding hydrogens is 312 g/mol. The van der Waals surface area contributed by atoms with Crippen molar-refractivity contribution >= 4 is 11.9 Å². The smallest absolute Gasteiger partial charge is 0.244 e. The van der Waals surface area contributed by atoms with Gasteiger partial charge in [0.2, 0.25) is 5.91 Å². The predicted octanol–water partition coefficient (Wildman–Crippen LogP) is 2.92. The third-order valence-corrected chi connectivity index (χ3v) is 4.61. The van der Waals surface area contributed by atoms with E-state index in [0.717, 1.165) is 18.1 Å². The third kappa shape index (κ3) is 6.77. The Balaban J connectivity index is 1.90. The second-order valence-electron chi connectivity index (χ2n) is 6.57. The van der Waals surface area contributed by atoms with Crippen LogP contribution in [0.25, 0.3) is 0 Å². The molecule has 25 heavy (non-hydrogen) atoms. The van der Waals surface area contributed by atoms with Crippen LogP contribution < -0.4 is 10.6 Å². The van der Waals surface area contributed by atoms with Crippen molar-refractivity contribution in [2.45, 2.75) is 58.5 Å². The van der Waals surface area contributed by atoms with Gasteiger partial charge < -0.3 is 15.5 Å².